The first-order valence-corrected chi connectivity index (χ1v) is 4.31. The van der Waals surface area contributed by atoms with Crippen LogP contribution in [0.15, 0.2) is 0 Å². The Labute approximate surface area is 82.1 Å². The zero-order chi connectivity index (χ0) is 11.3. The van der Waals surface area contributed by atoms with E-state index in [0.717, 1.165) is 0 Å². The lowest BCUT2D eigenvalue weighted by Gasteiger charge is -2.18. The molecule has 6 nitrogen and oxygen atoms in total. The first kappa shape index (κ1) is 12.9. The zero-order valence-electron chi connectivity index (χ0n) is 8.23. The number of amides is 1. The van der Waals surface area contributed by atoms with Gasteiger partial charge in [-0.3, -0.25) is 4.79 Å². The summed E-state index contributed by atoms with van der Waals surface area (Å²) in [6, 6.07) is -1.28. The summed E-state index contributed by atoms with van der Waals surface area (Å²) < 4.78 is 0. The van der Waals surface area contributed by atoms with Gasteiger partial charge >= 0.3 is 5.97 Å². The summed E-state index contributed by atoms with van der Waals surface area (Å²) in [5.74, 6) is -2.20. The molecule has 0 heterocycles. The number of nitrogens with two attached hydrogens (primary N) is 1. The highest BCUT2D eigenvalue weighted by Crippen LogP contribution is 1.97. The van der Waals surface area contributed by atoms with Crippen LogP contribution in [0.25, 0.3) is 0 Å². The molecule has 0 radical (unpaired) electrons. The van der Waals surface area contributed by atoms with Crippen molar-refractivity contribution in [3.63, 3.8) is 0 Å². The molecule has 82 valence electrons. The number of carbonyl (C=O) groups is 2. The van der Waals surface area contributed by atoms with Gasteiger partial charge in [-0.15, -0.1) is 0 Å². The van der Waals surface area contributed by atoms with Gasteiger partial charge in [-0.2, -0.15) is 0 Å². The molecular weight excluding hydrogens is 188 g/mol. The minimum atomic E-state index is -1.28. The molecule has 0 saturated heterocycles. The second-order valence-electron chi connectivity index (χ2n) is 3.20. The van der Waals surface area contributed by atoms with Crippen LogP contribution in [0.4, 0.5) is 0 Å². The van der Waals surface area contributed by atoms with E-state index in [2.05, 4.69) is 5.32 Å². The van der Waals surface area contributed by atoms with Crippen molar-refractivity contribution >= 4 is 11.9 Å². The summed E-state index contributed by atoms with van der Waals surface area (Å²) in [6.07, 6.45) is -1.14. The number of rotatable bonds is 5. The Morgan fingerprint density at radius 3 is 2.21 bits per heavy atom. The number of aliphatic carboxylic acids is 1. The molecule has 0 bridgehead atoms. The standard InChI is InChI=1S/C8H16N2O4/c1-4(3-9)7(12)10-6(5(2)11)8(13)14/h4-6,11H,3,9H2,1-2H3,(H,10,12)(H,13,14). The van der Waals surface area contributed by atoms with Gasteiger partial charge in [0.05, 0.1) is 6.10 Å². The molecule has 5 N–H and O–H groups in total. The Morgan fingerprint density at radius 1 is 1.43 bits per heavy atom. The molecule has 0 aliphatic carbocycles. The highest BCUT2D eigenvalue weighted by Gasteiger charge is 2.26. The van der Waals surface area contributed by atoms with E-state index in [0.29, 0.717) is 0 Å². The van der Waals surface area contributed by atoms with E-state index >= 15 is 0 Å². The fourth-order valence-electron chi connectivity index (χ4n) is 0.791. The normalized spacial score (nSPS) is 16.9. The third-order valence-corrected chi connectivity index (χ3v) is 1.85. The molecule has 3 unspecified atom stereocenters. The summed E-state index contributed by atoms with van der Waals surface area (Å²) in [5, 5.41) is 19.9. The molecule has 0 rings (SSSR count). The maximum absolute atomic E-state index is 11.2. The van der Waals surface area contributed by atoms with E-state index in [4.69, 9.17) is 15.9 Å². The molecule has 0 aromatic carbocycles. The van der Waals surface area contributed by atoms with Crippen LogP contribution >= 0.6 is 0 Å². The molecule has 14 heavy (non-hydrogen) atoms. The molecule has 0 saturated carbocycles. The van der Waals surface area contributed by atoms with Crippen LogP contribution in [0, 0.1) is 5.92 Å². The lowest BCUT2D eigenvalue weighted by molar-refractivity contribution is -0.145. The van der Waals surface area contributed by atoms with E-state index in [1.165, 1.54) is 6.92 Å². The molecule has 6 heteroatoms. The maximum atomic E-state index is 11.2. The predicted octanol–water partition coefficient (Wildman–Crippen LogP) is -1.47. The third-order valence-electron chi connectivity index (χ3n) is 1.85. The lowest BCUT2D eigenvalue weighted by atomic mass is 10.1. The first-order valence-electron chi connectivity index (χ1n) is 4.31. The number of hydrogen-bond acceptors (Lipinski definition) is 4. The van der Waals surface area contributed by atoms with Gasteiger partial charge in [-0.05, 0) is 6.92 Å². The molecular formula is C8H16N2O4. The molecule has 0 aliphatic rings. The van der Waals surface area contributed by atoms with E-state index in [1.54, 1.807) is 6.92 Å². The van der Waals surface area contributed by atoms with E-state index < -0.39 is 29.9 Å². The molecule has 0 aromatic heterocycles. The number of aliphatic hydroxyl groups excluding tert-OH is 1. The number of hydrogen-bond donors (Lipinski definition) is 4. The molecule has 0 aromatic rings. The van der Waals surface area contributed by atoms with Crippen molar-refractivity contribution in [1.82, 2.24) is 5.32 Å². The zero-order valence-corrected chi connectivity index (χ0v) is 8.23. The number of carboxylic acid groups (broad SMARTS) is 1. The van der Waals surface area contributed by atoms with Crippen molar-refractivity contribution in [3.05, 3.63) is 0 Å². The van der Waals surface area contributed by atoms with Crippen molar-refractivity contribution in [2.45, 2.75) is 26.0 Å². The van der Waals surface area contributed by atoms with Gasteiger partial charge in [0.1, 0.15) is 0 Å². The molecule has 0 spiro atoms. The summed E-state index contributed by atoms with van der Waals surface area (Å²) in [6.45, 7) is 3.01. The van der Waals surface area contributed by atoms with Gasteiger partial charge in [-0.1, -0.05) is 6.92 Å². The Hall–Kier alpha value is -1.14. The van der Waals surface area contributed by atoms with Crippen LogP contribution in [-0.4, -0.2) is 40.8 Å². The fraction of sp³-hybridized carbons (Fsp3) is 0.750. The van der Waals surface area contributed by atoms with Crippen molar-refractivity contribution in [2.24, 2.45) is 11.7 Å². The van der Waals surface area contributed by atoms with Gasteiger partial charge in [0, 0.05) is 12.5 Å². The van der Waals surface area contributed by atoms with Gasteiger partial charge in [-0.25, -0.2) is 4.79 Å². The van der Waals surface area contributed by atoms with Crippen LogP contribution in [-0.2, 0) is 9.59 Å². The van der Waals surface area contributed by atoms with Gasteiger partial charge in [0.2, 0.25) is 5.91 Å². The smallest absolute Gasteiger partial charge is 0.328 e. The van der Waals surface area contributed by atoms with Gasteiger partial charge in [0.25, 0.3) is 0 Å². The summed E-state index contributed by atoms with van der Waals surface area (Å²) in [7, 11) is 0. The second kappa shape index (κ2) is 5.56. The van der Waals surface area contributed by atoms with Crippen molar-refractivity contribution < 1.29 is 19.8 Å². The second-order valence-corrected chi connectivity index (χ2v) is 3.20. The van der Waals surface area contributed by atoms with Crippen molar-refractivity contribution in [3.8, 4) is 0 Å². The monoisotopic (exact) mass is 204 g/mol. The van der Waals surface area contributed by atoms with Crippen molar-refractivity contribution in [1.29, 1.82) is 0 Å². The fourth-order valence-corrected chi connectivity index (χ4v) is 0.791. The van der Waals surface area contributed by atoms with Crippen LogP contribution in [0.3, 0.4) is 0 Å². The summed E-state index contributed by atoms with van der Waals surface area (Å²) in [5.41, 5.74) is 5.23. The van der Waals surface area contributed by atoms with Crippen LogP contribution in [0.2, 0.25) is 0 Å². The molecule has 0 aliphatic heterocycles. The number of aliphatic hydroxyl groups is 1. The van der Waals surface area contributed by atoms with Crippen molar-refractivity contribution in [2.75, 3.05) is 6.54 Å². The lowest BCUT2D eigenvalue weighted by Crippen LogP contribution is -2.50. The molecule has 3 atom stereocenters. The van der Waals surface area contributed by atoms with E-state index in [-0.39, 0.29) is 6.54 Å². The highest BCUT2D eigenvalue weighted by atomic mass is 16.4. The Balaban J connectivity index is 4.31. The third kappa shape index (κ3) is 3.71. The van der Waals surface area contributed by atoms with Crippen LogP contribution in [0.1, 0.15) is 13.8 Å². The Morgan fingerprint density at radius 2 is 1.93 bits per heavy atom. The Kier molecular flexibility index (Phi) is 5.11. The highest BCUT2D eigenvalue weighted by molar-refractivity contribution is 5.85. The average Bonchev–Trinajstić information content (AvgIpc) is 2.11. The first-order chi connectivity index (χ1) is 6.40. The van der Waals surface area contributed by atoms with Crippen LogP contribution in [0.5, 0.6) is 0 Å². The average molecular weight is 204 g/mol. The van der Waals surface area contributed by atoms with Gasteiger partial charge in [0.15, 0.2) is 6.04 Å². The topological polar surface area (TPSA) is 113 Å². The largest absolute Gasteiger partial charge is 0.480 e. The number of carbonyl (C=O) groups excluding carboxylic acids is 1. The summed E-state index contributed by atoms with van der Waals surface area (Å²) >= 11 is 0. The maximum Gasteiger partial charge on any atom is 0.328 e. The minimum Gasteiger partial charge on any atom is -0.480 e. The number of carboxylic acids is 1. The molecule has 0 fully saturated rings. The van der Waals surface area contributed by atoms with Crippen LogP contribution < -0.4 is 11.1 Å². The quantitative estimate of drug-likeness (QED) is 0.437. The predicted molar refractivity (Wildman–Crippen MR) is 49.5 cm³/mol. The van der Waals surface area contributed by atoms with E-state index in [1.807, 2.05) is 0 Å². The SMILES string of the molecule is CC(CN)C(=O)NC(C(=O)O)C(C)O. The summed E-state index contributed by atoms with van der Waals surface area (Å²) in [4.78, 5) is 21.8. The Bertz CT molecular complexity index is 217. The molecule has 1 amide bonds. The van der Waals surface area contributed by atoms with Gasteiger partial charge < -0.3 is 21.3 Å². The van der Waals surface area contributed by atoms with E-state index in [9.17, 15) is 9.59 Å². The number of nitrogens with one attached hydrogen (secondary N) is 1. The minimum absolute atomic E-state index is 0.137.